The Morgan fingerprint density at radius 3 is 2.79 bits per heavy atom. The Bertz CT molecular complexity index is 967. The lowest BCUT2D eigenvalue weighted by Gasteiger charge is -2.27. The third-order valence-corrected chi connectivity index (χ3v) is 4.66. The van der Waals surface area contributed by atoms with Crippen LogP contribution >= 0.6 is 0 Å². The van der Waals surface area contributed by atoms with Gasteiger partial charge >= 0.3 is 0 Å². The number of nitrogens with one attached hydrogen (secondary N) is 1. The second-order valence-corrected chi connectivity index (χ2v) is 6.59. The smallest absolute Gasteiger partial charge is 0.266 e. The van der Waals surface area contributed by atoms with Gasteiger partial charge in [0.2, 0.25) is 0 Å². The largest absolute Gasteiger partial charge is 0.480 e. The van der Waals surface area contributed by atoms with Crippen molar-refractivity contribution in [3.8, 4) is 5.75 Å². The normalized spacial score (nSPS) is 15.2. The van der Waals surface area contributed by atoms with E-state index in [0.29, 0.717) is 24.8 Å². The molecule has 28 heavy (non-hydrogen) atoms. The third kappa shape index (κ3) is 4.04. The summed E-state index contributed by atoms with van der Waals surface area (Å²) in [7, 11) is 0. The number of nitrogens with zero attached hydrogens (tertiary/aromatic N) is 3. The molecule has 1 aliphatic heterocycles. The van der Waals surface area contributed by atoms with E-state index in [-0.39, 0.29) is 5.91 Å². The Hall–Kier alpha value is -3.19. The summed E-state index contributed by atoms with van der Waals surface area (Å²) in [4.78, 5) is 23.2. The van der Waals surface area contributed by atoms with E-state index in [2.05, 4.69) is 20.2 Å². The van der Waals surface area contributed by atoms with E-state index in [1.165, 1.54) is 6.33 Å². The van der Waals surface area contributed by atoms with Gasteiger partial charge in [0, 0.05) is 24.5 Å². The number of fused-ring (bicyclic) bond motifs is 1. The minimum Gasteiger partial charge on any atom is -0.480 e. The van der Waals surface area contributed by atoms with Gasteiger partial charge in [-0.05, 0) is 18.4 Å². The van der Waals surface area contributed by atoms with Crippen molar-refractivity contribution in [2.45, 2.75) is 13.0 Å². The summed E-state index contributed by atoms with van der Waals surface area (Å²) in [6, 6.07) is 15.5. The maximum atomic E-state index is 12.6. The molecular formula is C21H22N4O3. The van der Waals surface area contributed by atoms with Crippen molar-refractivity contribution in [2.75, 3.05) is 36.5 Å². The lowest BCUT2D eigenvalue weighted by molar-refractivity contribution is -0.122. The van der Waals surface area contributed by atoms with Gasteiger partial charge in [-0.2, -0.15) is 0 Å². The fourth-order valence-corrected chi connectivity index (χ4v) is 3.15. The van der Waals surface area contributed by atoms with Crippen LogP contribution < -0.4 is 15.0 Å². The Morgan fingerprint density at radius 2 is 1.93 bits per heavy atom. The fourth-order valence-electron chi connectivity index (χ4n) is 3.15. The van der Waals surface area contributed by atoms with Gasteiger partial charge in [0.15, 0.2) is 6.10 Å². The van der Waals surface area contributed by atoms with E-state index < -0.39 is 6.10 Å². The van der Waals surface area contributed by atoms with Crippen LogP contribution in [0, 0.1) is 0 Å². The van der Waals surface area contributed by atoms with Gasteiger partial charge in [0.25, 0.3) is 5.91 Å². The number of aromatic nitrogens is 2. The zero-order chi connectivity index (χ0) is 19.3. The first kappa shape index (κ1) is 18.2. The SMILES string of the molecule is CC(Oc1cccc2ccccc12)C(=O)Nc1cc(N2CCOCC2)ncn1. The lowest BCUT2D eigenvalue weighted by atomic mass is 10.1. The van der Waals surface area contributed by atoms with E-state index in [1.807, 2.05) is 42.5 Å². The topological polar surface area (TPSA) is 76.6 Å². The molecule has 1 aliphatic rings. The summed E-state index contributed by atoms with van der Waals surface area (Å²) < 4.78 is 11.3. The number of rotatable bonds is 5. The summed E-state index contributed by atoms with van der Waals surface area (Å²) >= 11 is 0. The van der Waals surface area contributed by atoms with Crippen LogP contribution in [-0.2, 0) is 9.53 Å². The number of benzene rings is 2. The maximum Gasteiger partial charge on any atom is 0.266 e. The summed E-state index contributed by atoms with van der Waals surface area (Å²) in [5.41, 5.74) is 0. The third-order valence-electron chi connectivity index (χ3n) is 4.66. The highest BCUT2D eigenvalue weighted by Gasteiger charge is 2.18. The molecule has 2 heterocycles. The number of amides is 1. The maximum absolute atomic E-state index is 12.6. The van der Waals surface area contributed by atoms with E-state index >= 15 is 0 Å². The lowest BCUT2D eigenvalue weighted by Crippen LogP contribution is -2.37. The standard InChI is InChI=1S/C21H22N4O3/c1-15(28-18-8-4-6-16-5-2-3-7-17(16)18)21(26)24-19-13-20(23-14-22-19)25-9-11-27-12-10-25/h2-8,13-15H,9-12H2,1H3,(H,22,23,24,26). The van der Waals surface area contributed by atoms with Crippen molar-refractivity contribution in [2.24, 2.45) is 0 Å². The van der Waals surface area contributed by atoms with Gasteiger partial charge in [-0.1, -0.05) is 36.4 Å². The number of morpholine rings is 1. The van der Waals surface area contributed by atoms with Crippen LogP contribution in [0.2, 0.25) is 0 Å². The molecule has 1 unspecified atom stereocenters. The van der Waals surface area contributed by atoms with Crippen LogP contribution in [-0.4, -0.2) is 48.3 Å². The van der Waals surface area contributed by atoms with Crippen molar-refractivity contribution in [3.05, 3.63) is 54.9 Å². The predicted octanol–water partition coefficient (Wildman–Crippen LogP) is 2.87. The molecule has 0 radical (unpaired) electrons. The van der Waals surface area contributed by atoms with E-state index in [9.17, 15) is 4.79 Å². The molecule has 1 amide bonds. The molecule has 1 aromatic heterocycles. The van der Waals surface area contributed by atoms with E-state index in [4.69, 9.17) is 9.47 Å². The van der Waals surface area contributed by atoms with E-state index in [0.717, 1.165) is 29.7 Å². The molecule has 2 aromatic carbocycles. The summed E-state index contributed by atoms with van der Waals surface area (Å²) in [5.74, 6) is 1.64. The molecule has 7 nitrogen and oxygen atoms in total. The number of ether oxygens (including phenoxy) is 2. The minimum absolute atomic E-state index is 0.264. The number of carbonyl (C=O) groups excluding carboxylic acids is 1. The molecule has 7 heteroatoms. The van der Waals surface area contributed by atoms with Gasteiger partial charge in [0.1, 0.15) is 23.7 Å². The molecule has 0 saturated carbocycles. The highest BCUT2D eigenvalue weighted by atomic mass is 16.5. The van der Waals surface area contributed by atoms with Gasteiger partial charge in [0.05, 0.1) is 13.2 Å². The highest BCUT2D eigenvalue weighted by molar-refractivity contribution is 5.94. The predicted molar refractivity (Wildman–Crippen MR) is 108 cm³/mol. The number of anilines is 2. The van der Waals surface area contributed by atoms with Gasteiger partial charge in [-0.25, -0.2) is 9.97 Å². The van der Waals surface area contributed by atoms with Crippen LogP contribution in [0.1, 0.15) is 6.92 Å². The molecule has 1 fully saturated rings. The Labute approximate surface area is 163 Å². The van der Waals surface area contributed by atoms with Crippen LogP contribution in [0.4, 0.5) is 11.6 Å². The number of carbonyl (C=O) groups is 1. The van der Waals surface area contributed by atoms with Crippen LogP contribution in [0.5, 0.6) is 5.75 Å². The molecular weight excluding hydrogens is 356 g/mol. The van der Waals surface area contributed by atoms with Gasteiger partial charge < -0.3 is 19.7 Å². The Balaban J connectivity index is 1.44. The van der Waals surface area contributed by atoms with Crippen LogP contribution in [0.3, 0.4) is 0 Å². The molecule has 144 valence electrons. The Kier molecular flexibility index (Phi) is 5.34. The first-order chi connectivity index (χ1) is 13.7. The molecule has 0 aliphatic carbocycles. The van der Waals surface area contributed by atoms with Crippen molar-refractivity contribution in [3.63, 3.8) is 0 Å². The van der Waals surface area contributed by atoms with Crippen molar-refractivity contribution in [1.82, 2.24) is 9.97 Å². The van der Waals surface area contributed by atoms with E-state index in [1.54, 1.807) is 13.0 Å². The molecule has 0 spiro atoms. The average molecular weight is 378 g/mol. The molecule has 1 atom stereocenters. The fraction of sp³-hybridized carbons (Fsp3) is 0.286. The number of hydrogen-bond donors (Lipinski definition) is 1. The summed E-state index contributed by atoms with van der Waals surface area (Å²) in [6.45, 7) is 4.60. The Morgan fingerprint density at radius 1 is 1.14 bits per heavy atom. The summed E-state index contributed by atoms with van der Waals surface area (Å²) in [5, 5.41) is 4.86. The van der Waals surface area contributed by atoms with Gasteiger partial charge in [-0.15, -0.1) is 0 Å². The summed E-state index contributed by atoms with van der Waals surface area (Å²) in [6.07, 6.45) is 0.781. The zero-order valence-electron chi connectivity index (χ0n) is 15.7. The van der Waals surface area contributed by atoms with Crippen LogP contribution in [0.15, 0.2) is 54.9 Å². The van der Waals surface area contributed by atoms with Gasteiger partial charge in [-0.3, -0.25) is 4.79 Å². The average Bonchev–Trinajstić information content (AvgIpc) is 2.75. The molecule has 1 N–H and O–H groups in total. The molecule has 0 bridgehead atoms. The second-order valence-electron chi connectivity index (χ2n) is 6.59. The van der Waals surface area contributed by atoms with Crippen LogP contribution in [0.25, 0.3) is 10.8 Å². The van der Waals surface area contributed by atoms with Crippen molar-refractivity contribution in [1.29, 1.82) is 0 Å². The minimum atomic E-state index is -0.674. The number of hydrogen-bond acceptors (Lipinski definition) is 6. The molecule has 1 saturated heterocycles. The molecule has 3 aromatic rings. The first-order valence-electron chi connectivity index (χ1n) is 9.31. The zero-order valence-corrected chi connectivity index (χ0v) is 15.7. The van der Waals surface area contributed by atoms with Crippen molar-refractivity contribution < 1.29 is 14.3 Å². The quantitative estimate of drug-likeness (QED) is 0.736. The monoisotopic (exact) mass is 378 g/mol. The second kappa shape index (κ2) is 8.22. The highest BCUT2D eigenvalue weighted by Crippen LogP contribution is 2.26. The van der Waals surface area contributed by atoms with Crippen molar-refractivity contribution >= 4 is 28.3 Å². The first-order valence-corrected chi connectivity index (χ1v) is 9.31. The molecule has 4 rings (SSSR count).